The Morgan fingerprint density at radius 3 is 2.48 bits per heavy atom. The summed E-state index contributed by atoms with van der Waals surface area (Å²) in [5, 5.41) is 2.70. The first-order chi connectivity index (χ1) is 11.7. The summed E-state index contributed by atoms with van der Waals surface area (Å²) in [6, 6.07) is 4.63. The largest absolute Gasteiger partial charge is 0.491 e. The first-order valence-electron chi connectivity index (χ1n) is 8.24. The highest BCUT2D eigenvalue weighted by molar-refractivity contribution is 7.89. The van der Waals surface area contributed by atoms with Gasteiger partial charge in [-0.25, -0.2) is 8.42 Å². The van der Waals surface area contributed by atoms with Crippen LogP contribution in [0.2, 0.25) is 0 Å². The van der Waals surface area contributed by atoms with Gasteiger partial charge in [0.15, 0.2) is 0 Å². The minimum absolute atomic E-state index is 0.0420. The normalized spacial score (nSPS) is 11.8. The summed E-state index contributed by atoms with van der Waals surface area (Å²) in [4.78, 5) is 12.1. The van der Waals surface area contributed by atoms with E-state index in [2.05, 4.69) is 5.32 Å². The van der Waals surface area contributed by atoms with Gasteiger partial charge in [-0.1, -0.05) is 6.92 Å². The van der Waals surface area contributed by atoms with Crippen LogP contribution in [-0.4, -0.2) is 58.1 Å². The average Bonchev–Trinajstić information content (AvgIpc) is 2.53. The van der Waals surface area contributed by atoms with Gasteiger partial charge >= 0.3 is 0 Å². The third-order valence-electron chi connectivity index (χ3n) is 3.45. The fraction of sp³-hybridized carbons (Fsp3) is 0.588. The van der Waals surface area contributed by atoms with Gasteiger partial charge in [0, 0.05) is 19.7 Å². The van der Waals surface area contributed by atoms with Crippen molar-refractivity contribution in [2.45, 2.75) is 38.6 Å². The predicted molar refractivity (Wildman–Crippen MR) is 96.3 cm³/mol. The Morgan fingerprint density at radius 1 is 1.28 bits per heavy atom. The topological polar surface area (TPSA) is 84.9 Å². The molecular formula is C17H28N2O5S. The number of hydrogen-bond acceptors (Lipinski definition) is 5. The molecule has 0 aliphatic heterocycles. The number of ether oxygens (including phenoxy) is 2. The van der Waals surface area contributed by atoms with Crippen molar-refractivity contribution in [3.63, 3.8) is 0 Å². The van der Waals surface area contributed by atoms with Crippen LogP contribution in [0.4, 0.5) is 0 Å². The molecular weight excluding hydrogens is 344 g/mol. The molecule has 1 aromatic carbocycles. The fourth-order valence-electron chi connectivity index (χ4n) is 2.22. The van der Waals surface area contributed by atoms with Crippen LogP contribution in [0.25, 0.3) is 0 Å². The van der Waals surface area contributed by atoms with Gasteiger partial charge in [0.25, 0.3) is 0 Å². The molecule has 142 valence electrons. The van der Waals surface area contributed by atoms with E-state index in [0.29, 0.717) is 24.5 Å². The number of rotatable bonds is 10. The number of nitrogens with zero attached hydrogens (tertiary/aromatic N) is 1. The maximum absolute atomic E-state index is 12.8. The van der Waals surface area contributed by atoms with Gasteiger partial charge in [-0.15, -0.1) is 0 Å². The second kappa shape index (κ2) is 9.74. The van der Waals surface area contributed by atoms with Gasteiger partial charge in [-0.05, 0) is 44.5 Å². The molecule has 0 saturated heterocycles. The average molecular weight is 372 g/mol. The molecule has 7 nitrogen and oxygen atoms in total. The minimum Gasteiger partial charge on any atom is -0.491 e. The summed E-state index contributed by atoms with van der Waals surface area (Å²) in [5.74, 6) is 0.285. The number of likely N-dealkylation sites (N-methyl/N-ethyl adjacent to an activating group) is 1. The summed E-state index contributed by atoms with van der Waals surface area (Å²) in [7, 11) is -2.17. The SMILES string of the molecule is CCN(CC(=O)NC(C)C)S(=O)(=O)c1ccc(OCCOC)c(C)c1. The maximum Gasteiger partial charge on any atom is 0.243 e. The molecule has 0 unspecified atom stereocenters. The van der Waals surface area contributed by atoms with Crippen LogP contribution in [0.3, 0.4) is 0 Å². The number of benzene rings is 1. The van der Waals surface area contributed by atoms with Crippen molar-refractivity contribution in [3.05, 3.63) is 23.8 Å². The second-order valence-corrected chi connectivity index (χ2v) is 7.86. The number of hydrogen-bond donors (Lipinski definition) is 1. The van der Waals surface area contributed by atoms with E-state index in [1.807, 2.05) is 13.8 Å². The van der Waals surface area contributed by atoms with Crippen molar-refractivity contribution in [1.29, 1.82) is 0 Å². The van der Waals surface area contributed by atoms with E-state index in [4.69, 9.17) is 9.47 Å². The molecule has 0 spiro atoms. The predicted octanol–water partition coefficient (Wildman–Crippen LogP) is 1.56. The van der Waals surface area contributed by atoms with Crippen LogP contribution in [0.5, 0.6) is 5.75 Å². The lowest BCUT2D eigenvalue weighted by Crippen LogP contribution is -2.42. The summed E-state index contributed by atoms with van der Waals surface area (Å²) < 4.78 is 37.2. The van der Waals surface area contributed by atoms with E-state index in [9.17, 15) is 13.2 Å². The highest BCUT2D eigenvalue weighted by atomic mass is 32.2. The van der Waals surface area contributed by atoms with Crippen molar-refractivity contribution < 1.29 is 22.7 Å². The van der Waals surface area contributed by atoms with Crippen molar-refractivity contribution in [2.75, 3.05) is 33.4 Å². The zero-order valence-electron chi connectivity index (χ0n) is 15.5. The van der Waals surface area contributed by atoms with Crippen LogP contribution in [0.15, 0.2) is 23.1 Å². The van der Waals surface area contributed by atoms with Crippen molar-refractivity contribution in [3.8, 4) is 5.75 Å². The molecule has 25 heavy (non-hydrogen) atoms. The molecule has 0 fully saturated rings. The van der Waals surface area contributed by atoms with E-state index >= 15 is 0 Å². The highest BCUT2D eigenvalue weighted by Crippen LogP contribution is 2.24. The molecule has 0 atom stereocenters. The molecule has 0 aliphatic rings. The first kappa shape index (κ1) is 21.4. The summed E-state index contributed by atoms with van der Waals surface area (Å²) in [5.41, 5.74) is 0.708. The molecule has 0 aliphatic carbocycles. The maximum atomic E-state index is 12.8. The lowest BCUT2D eigenvalue weighted by Gasteiger charge is -2.21. The van der Waals surface area contributed by atoms with Crippen molar-refractivity contribution >= 4 is 15.9 Å². The van der Waals surface area contributed by atoms with E-state index in [1.165, 1.54) is 6.07 Å². The third-order valence-corrected chi connectivity index (χ3v) is 5.37. The van der Waals surface area contributed by atoms with Crippen LogP contribution in [0, 0.1) is 6.92 Å². The van der Waals surface area contributed by atoms with Gasteiger partial charge in [0.2, 0.25) is 15.9 Å². The molecule has 1 aromatic rings. The minimum atomic E-state index is -3.75. The summed E-state index contributed by atoms with van der Waals surface area (Å²) in [6.45, 7) is 7.98. The number of sulfonamides is 1. The number of methoxy groups -OCH3 is 1. The molecule has 8 heteroatoms. The molecule has 1 rings (SSSR count). The number of carbonyl (C=O) groups excluding carboxylic acids is 1. The fourth-order valence-corrected chi connectivity index (χ4v) is 3.71. The molecule has 0 radical (unpaired) electrons. The van der Waals surface area contributed by atoms with Crippen LogP contribution < -0.4 is 10.1 Å². The van der Waals surface area contributed by atoms with Crippen molar-refractivity contribution in [1.82, 2.24) is 9.62 Å². The number of nitrogens with one attached hydrogen (secondary N) is 1. The molecule has 0 heterocycles. The van der Waals surface area contributed by atoms with Crippen LogP contribution in [0.1, 0.15) is 26.3 Å². The van der Waals surface area contributed by atoms with Gasteiger partial charge in [-0.2, -0.15) is 4.31 Å². The highest BCUT2D eigenvalue weighted by Gasteiger charge is 2.26. The summed E-state index contributed by atoms with van der Waals surface area (Å²) >= 11 is 0. The lowest BCUT2D eigenvalue weighted by molar-refractivity contribution is -0.121. The molecule has 1 N–H and O–H groups in total. The Balaban J connectivity index is 2.95. The van der Waals surface area contributed by atoms with Gasteiger partial charge < -0.3 is 14.8 Å². The summed E-state index contributed by atoms with van der Waals surface area (Å²) in [6.07, 6.45) is 0. The molecule has 0 saturated carbocycles. The van der Waals surface area contributed by atoms with E-state index in [0.717, 1.165) is 4.31 Å². The zero-order chi connectivity index (χ0) is 19.0. The number of aryl methyl sites for hydroxylation is 1. The van der Waals surface area contributed by atoms with Gasteiger partial charge in [-0.3, -0.25) is 4.79 Å². The zero-order valence-corrected chi connectivity index (χ0v) is 16.4. The van der Waals surface area contributed by atoms with Gasteiger partial charge in [0.05, 0.1) is 18.0 Å². The Kier molecular flexibility index (Phi) is 8.34. The standard InChI is InChI=1S/C17H28N2O5S/c1-6-19(12-17(20)18-13(2)3)25(21,22)15-7-8-16(14(4)11-15)24-10-9-23-5/h7-8,11,13H,6,9-10,12H2,1-5H3,(H,18,20). The Hall–Kier alpha value is -1.64. The Bertz CT molecular complexity index is 674. The van der Waals surface area contributed by atoms with Crippen LogP contribution in [-0.2, 0) is 19.6 Å². The Morgan fingerprint density at radius 2 is 1.96 bits per heavy atom. The lowest BCUT2D eigenvalue weighted by atomic mass is 10.2. The van der Waals surface area contributed by atoms with Crippen LogP contribution >= 0.6 is 0 Å². The number of amides is 1. The molecule has 0 bridgehead atoms. The smallest absolute Gasteiger partial charge is 0.243 e. The first-order valence-corrected chi connectivity index (χ1v) is 9.68. The van der Waals surface area contributed by atoms with E-state index in [-0.39, 0.29) is 29.9 Å². The van der Waals surface area contributed by atoms with E-state index in [1.54, 1.807) is 33.1 Å². The third kappa shape index (κ3) is 6.30. The van der Waals surface area contributed by atoms with Gasteiger partial charge in [0.1, 0.15) is 12.4 Å². The van der Waals surface area contributed by atoms with E-state index < -0.39 is 10.0 Å². The molecule has 1 amide bonds. The van der Waals surface area contributed by atoms with Crippen molar-refractivity contribution in [2.24, 2.45) is 0 Å². The Labute approximate surface area is 150 Å². The monoisotopic (exact) mass is 372 g/mol. The number of carbonyl (C=O) groups is 1. The molecule has 0 aromatic heterocycles. The quantitative estimate of drug-likeness (QED) is 0.630. The second-order valence-electron chi connectivity index (χ2n) is 5.92.